The van der Waals surface area contributed by atoms with Crippen molar-refractivity contribution in [3.8, 4) is 0 Å². The van der Waals surface area contributed by atoms with Crippen molar-refractivity contribution in [2.45, 2.75) is 39.4 Å². The van der Waals surface area contributed by atoms with Crippen LogP contribution >= 0.6 is 11.8 Å². The summed E-state index contributed by atoms with van der Waals surface area (Å²) in [7, 11) is 0. The van der Waals surface area contributed by atoms with E-state index in [9.17, 15) is 4.79 Å². The van der Waals surface area contributed by atoms with Crippen molar-refractivity contribution in [1.29, 1.82) is 0 Å². The maximum Gasteiger partial charge on any atom is 0.253 e. The minimum absolute atomic E-state index is 0.121. The van der Waals surface area contributed by atoms with Crippen molar-refractivity contribution in [2.24, 2.45) is 0 Å². The number of aromatic nitrogens is 2. The Morgan fingerprint density at radius 1 is 1.11 bits per heavy atom. The predicted octanol–water partition coefficient (Wildman–Crippen LogP) is 4.12. The first-order valence-electron chi connectivity index (χ1n) is 10.0. The van der Waals surface area contributed by atoms with E-state index < -0.39 is 0 Å². The number of piperazine rings is 1. The quantitative estimate of drug-likeness (QED) is 0.732. The Morgan fingerprint density at radius 2 is 1.79 bits per heavy atom. The fourth-order valence-corrected chi connectivity index (χ4v) is 3.91. The van der Waals surface area contributed by atoms with Gasteiger partial charge in [0.05, 0.1) is 0 Å². The van der Waals surface area contributed by atoms with Gasteiger partial charge in [0.1, 0.15) is 11.6 Å². The van der Waals surface area contributed by atoms with Gasteiger partial charge in [-0.2, -0.15) is 11.8 Å². The number of aryl methyl sites for hydroxylation is 1. The molecule has 1 amide bonds. The molecule has 1 aromatic carbocycles. The van der Waals surface area contributed by atoms with Crippen molar-refractivity contribution >= 4 is 23.5 Å². The third-order valence-electron chi connectivity index (χ3n) is 4.94. The molecule has 0 N–H and O–H groups in total. The molecule has 1 saturated heterocycles. The van der Waals surface area contributed by atoms with E-state index in [0.29, 0.717) is 19.0 Å². The first-order chi connectivity index (χ1) is 13.5. The van der Waals surface area contributed by atoms with Crippen LogP contribution in [0.4, 0.5) is 5.82 Å². The van der Waals surface area contributed by atoms with Crippen LogP contribution in [0.15, 0.2) is 30.3 Å². The number of hydrogen-bond acceptors (Lipinski definition) is 5. The van der Waals surface area contributed by atoms with Crippen LogP contribution in [-0.4, -0.2) is 52.7 Å². The summed E-state index contributed by atoms with van der Waals surface area (Å²) < 4.78 is 0. The Labute approximate surface area is 172 Å². The molecule has 0 saturated carbocycles. The van der Waals surface area contributed by atoms with Crippen LogP contribution in [0.2, 0.25) is 0 Å². The smallest absolute Gasteiger partial charge is 0.253 e. The SMILES string of the molecule is CCSCc1ccc(C(=O)N2CCN(c3cc(C)nc(C(C)C)n3)CC2)cc1. The van der Waals surface area contributed by atoms with Crippen LogP contribution < -0.4 is 4.90 Å². The molecule has 150 valence electrons. The highest BCUT2D eigenvalue weighted by atomic mass is 32.2. The molecule has 0 atom stereocenters. The summed E-state index contributed by atoms with van der Waals surface area (Å²) in [6.45, 7) is 11.4. The summed E-state index contributed by atoms with van der Waals surface area (Å²) in [5.74, 6) is 4.39. The van der Waals surface area contributed by atoms with Gasteiger partial charge in [0.2, 0.25) is 0 Å². The molecule has 1 fully saturated rings. The lowest BCUT2D eigenvalue weighted by Crippen LogP contribution is -2.49. The van der Waals surface area contributed by atoms with E-state index in [2.05, 4.69) is 42.8 Å². The summed E-state index contributed by atoms with van der Waals surface area (Å²) in [6, 6.07) is 10.1. The molecule has 28 heavy (non-hydrogen) atoms. The van der Waals surface area contributed by atoms with E-state index in [1.807, 2.05) is 41.8 Å². The van der Waals surface area contributed by atoms with Crippen molar-refractivity contribution in [1.82, 2.24) is 14.9 Å². The number of hydrogen-bond donors (Lipinski definition) is 0. The van der Waals surface area contributed by atoms with Crippen LogP contribution in [0.5, 0.6) is 0 Å². The normalized spacial score (nSPS) is 14.6. The molecule has 1 aliphatic rings. The molecule has 0 aliphatic carbocycles. The average molecular weight is 399 g/mol. The first kappa shape index (κ1) is 20.6. The Hall–Kier alpha value is -2.08. The molecule has 0 unspecified atom stereocenters. The van der Waals surface area contributed by atoms with Gasteiger partial charge in [0, 0.05) is 55.2 Å². The first-order valence-corrected chi connectivity index (χ1v) is 11.2. The summed E-state index contributed by atoms with van der Waals surface area (Å²) in [5, 5.41) is 0. The largest absolute Gasteiger partial charge is 0.353 e. The van der Waals surface area contributed by atoms with Crippen LogP contribution in [0.1, 0.15) is 54.1 Å². The summed E-state index contributed by atoms with van der Waals surface area (Å²) >= 11 is 1.89. The third kappa shape index (κ3) is 5.04. The number of benzene rings is 1. The lowest BCUT2D eigenvalue weighted by atomic mass is 10.1. The van der Waals surface area contributed by atoms with Gasteiger partial charge < -0.3 is 9.80 Å². The molecule has 0 spiro atoms. The molecule has 1 aliphatic heterocycles. The lowest BCUT2D eigenvalue weighted by molar-refractivity contribution is 0.0746. The van der Waals surface area contributed by atoms with Crippen molar-refractivity contribution in [2.75, 3.05) is 36.8 Å². The monoisotopic (exact) mass is 398 g/mol. The van der Waals surface area contributed by atoms with E-state index >= 15 is 0 Å². The Bertz CT molecular complexity index is 799. The molecule has 1 aromatic heterocycles. The Kier molecular flexibility index (Phi) is 6.94. The van der Waals surface area contributed by atoms with Gasteiger partial charge >= 0.3 is 0 Å². The van der Waals surface area contributed by atoms with Crippen LogP contribution in [0, 0.1) is 6.92 Å². The molecule has 6 heteroatoms. The predicted molar refractivity (Wildman–Crippen MR) is 117 cm³/mol. The molecule has 5 nitrogen and oxygen atoms in total. The highest BCUT2D eigenvalue weighted by molar-refractivity contribution is 7.98. The van der Waals surface area contributed by atoms with E-state index in [4.69, 9.17) is 4.98 Å². The number of carbonyl (C=O) groups is 1. The highest BCUT2D eigenvalue weighted by Gasteiger charge is 2.23. The third-order valence-corrected chi connectivity index (χ3v) is 5.88. The number of anilines is 1. The Balaban J connectivity index is 1.61. The van der Waals surface area contributed by atoms with Crippen molar-refractivity contribution in [3.05, 3.63) is 53.0 Å². The fraction of sp³-hybridized carbons (Fsp3) is 0.500. The van der Waals surface area contributed by atoms with Crippen molar-refractivity contribution < 1.29 is 4.79 Å². The van der Waals surface area contributed by atoms with Crippen LogP contribution in [-0.2, 0) is 5.75 Å². The highest BCUT2D eigenvalue weighted by Crippen LogP contribution is 2.20. The van der Waals surface area contributed by atoms with Crippen LogP contribution in [0.25, 0.3) is 0 Å². The van der Waals surface area contributed by atoms with E-state index in [-0.39, 0.29) is 5.91 Å². The number of thioether (sulfide) groups is 1. The number of carbonyl (C=O) groups excluding carboxylic acids is 1. The average Bonchev–Trinajstić information content (AvgIpc) is 2.71. The van der Waals surface area contributed by atoms with Crippen LogP contribution in [0.3, 0.4) is 0 Å². The minimum Gasteiger partial charge on any atom is -0.353 e. The van der Waals surface area contributed by atoms with Gasteiger partial charge in [-0.1, -0.05) is 32.9 Å². The zero-order valence-electron chi connectivity index (χ0n) is 17.3. The molecule has 0 bridgehead atoms. The fourth-order valence-electron chi connectivity index (χ4n) is 3.28. The second-order valence-corrected chi connectivity index (χ2v) is 8.77. The van der Waals surface area contributed by atoms with Gasteiger partial charge in [-0.15, -0.1) is 0 Å². The number of rotatable bonds is 6. The minimum atomic E-state index is 0.121. The molecular weight excluding hydrogens is 368 g/mol. The molecular formula is C22H30N4OS. The summed E-state index contributed by atoms with van der Waals surface area (Å²) in [4.78, 5) is 26.3. The number of amides is 1. The van der Waals surface area contributed by atoms with E-state index in [1.54, 1.807) is 0 Å². The van der Waals surface area contributed by atoms with Gasteiger partial charge in [0.25, 0.3) is 5.91 Å². The second-order valence-electron chi connectivity index (χ2n) is 7.49. The zero-order valence-corrected chi connectivity index (χ0v) is 18.1. The zero-order chi connectivity index (χ0) is 20.1. The molecule has 0 radical (unpaired) electrons. The molecule has 2 aromatic rings. The summed E-state index contributed by atoms with van der Waals surface area (Å²) in [5.41, 5.74) is 3.04. The van der Waals surface area contributed by atoms with Crippen molar-refractivity contribution in [3.63, 3.8) is 0 Å². The topological polar surface area (TPSA) is 49.3 Å². The van der Waals surface area contributed by atoms with Gasteiger partial charge in [-0.05, 0) is 30.4 Å². The molecule has 3 rings (SSSR count). The molecule has 2 heterocycles. The van der Waals surface area contributed by atoms with Gasteiger partial charge in [-0.3, -0.25) is 4.79 Å². The summed E-state index contributed by atoms with van der Waals surface area (Å²) in [6.07, 6.45) is 0. The lowest BCUT2D eigenvalue weighted by Gasteiger charge is -2.35. The van der Waals surface area contributed by atoms with E-state index in [0.717, 1.165) is 47.5 Å². The number of nitrogens with zero attached hydrogens (tertiary/aromatic N) is 4. The maximum atomic E-state index is 12.8. The maximum absolute atomic E-state index is 12.8. The second kappa shape index (κ2) is 9.41. The Morgan fingerprint density at radius 3 is 2.39 bits per heavy atom. The standard InChI is InChI=1S/C22H30N4OS/c1-5-28-15-18-6-8-19(9-7-18)22(27)26-12-10-25(11-13-26)20-14-17(4)23-21(24-20)16(2)3/h6-9,14,16H,5,10-13,15H2,1-4H3. The van der Waals surface area contributed by atoms with E-state index in [1.165, 1.54) is 5.56 Å². The van der Waals surface area contributed by atoms with Gasteiger partial charge in [0.15, 0.2) is 0 Å². The van der Waals surface area contributed by atoms with Gasteiger partial charge in [-0.25, -0.2) is 9.97 Å².